The highest BCUT2D eigenvalue weighted by Gasteiger charge is 2.28. The van der Waals surface area contributed by atoms with Gasteiger partial charge in [-0.25, -0.2) is 4.98 Å². The zero-order chi connectivity index (χ0) is 17.8. The molecule has 2 aromatic rings. The lowest BCUT2D eigenvalue weighted by molar-refractivity contribution is 0.0874. The van der Waals surface area contributed by atoms with Crippen LogP contribution in [0.25, 0.3) is 0 Å². The summed E-state index contributed by atoms with van der Waals surface area (Å²) in [5.74, 6) is 2.05. The van der Waals surface area contributed by atoms with Crippen LogP contribution in [0, 0.1) is 0 Å². The first-order valence-corrected chi connectivity index (χ1v) is 9.66. The zero-order valence-electron chi connectivity index (χ0n) is 15.6. The van der Waals surface area contributed by atoms with Crippen LogP contribution in [0.3, 0.4) is 0 Å². The Morgan fingerprint density at radius 2 is 2.00 bits per heavy atom. The summed E-state index contributed by atoms with van der Waals surface area (Å²) in [6.45, 7) is 7.64. The first kappa shape index (κ1) is 17.4. The van der Waals surface area contributed by atoms with E-state index in [9.17, 15) is 0 Å². The number of piperazine rings is 1. The minimum absolute atomic E-state index is 0.665. The molecule has 1 aromatic heterocycles. The number of imidazole rings is 1. The third-order valence-corrected chi connectivity index (χ3v) is 5.67. The molecule has 0 aliphatic carbocycles. The molecule has 26 heavy (non-hydrogen) atoms. The van der Waals surface area contributed by atoms with Crippen LogP contribution < -0.4 is 9.64 Å². The second kappa shape index (κ2) is 8.10. The molecule has 0 bridgehead atoms. The van der Waals surface area contributed by atoms with Crippen LogP contribution in [0.15, 0.2) is 36.7 Å². The van der Waals surface area contributed by atoms with Gasteiger partial charge in [0.25, 0.3) is 0 Å². The Hall–Kier alpha value is -2.05. The predicted molar refractivity (Wildman–Crippen MR) is 104 cm³/mol. The third-order valence-electron chi connectivity index (χ3n) is 5.67. The summed E-state index contributed by atoms with van der Waals surface area (Å²) in [6, 6.07) is 9.01. The van der Waals surface area contributed by atoms with Crippen molar-refractivity contribution in [2.24, 2.45) is 0 Å². The van der Waals surface area contributed by atoms with Gasteiger partial charge < -0.3 is 14.6 Å². The summed E-state index contributed by atoms with van der Waals surface area (Å²) < 4.78 is 5.53. The Kier molecular flexibility index (Phi) is 5.41. The summed E-state index contributed by atoms with van der Waals surface area (Å²) in [6.07, 6.45) is 6.34. The van der Waals surface area contributed by atoms with Crippen LogP contribution in [0.5, 0.6) is 5.75 Å². The van der Waals surface area contributed by atoms with E-state index in [1.165, 1.54) is 25.1 Å². The molecule has 0 amide bonds. The number of nitrogens with zero attached hydrogens (tertiary/aromatic N) is 4. The number of anilines is 1. The SMILES string of the molecule is COc1ccccc1N1CCN([C@H]2CCCN(Cc3ncc[nH]3)C2)CC1. The van der Waals surface area contributed by atoms with Gasteiger partial charge in [-0.2, -0.15) is 0 Å². The maximum atomic E-state index is 5.53. The van der Waals surface area contributed by atoms with E-state index >= 15 is 0 Å². The molecular formula is C20H29N5O. The van der Waals surface area contributed by atoms with Gasteiger partial charge in [0.05, 0.1) is 19.3 Å². The molecule has 3 heterocycles. The molecular weight excluding hydrogens is 326 g/mol. The second-order valence-electron chi connectivity index (χ2n) is 7.26. The topological polar surface area (TPSA) is 47.6 Å². The number of ether oxygens (including phenoxy) is 1. The molecule has 0 unspecified atom stereocenters. The van der Waals surface area contributed by atoms with E-state index in [1.807, 2.05) is 18.5 Å². The number of para-hydroxylation sites is 2. The van der Waals surface area contributed by atoms with Gasteiger partial charge in [0, 0.05) is 51.2 Å². The number of H-pyrrole nitrogens is 1. The van der Waals surface area contributed by atoms with Crippen molar-refractivity contribution in [2.45, 2.75) is 25.4 Å². The normalized spacial score (nSPS) is 22.5. The predicted octanol–water partition coefficient (Wildman–Crippen LogP) is 2.20. The Morgan fingerprint density at radius 3 is 2.77 bits per heavy atom. The minimum Gasteiger partial charge on any atom is -0.495 e. The second-order valence-corrected chi connectivity index (χ2v) is 7.26. The van der Waals surface area contributed by atoms with Crippen LogP contribution in [-0.2, 0) is 6.54 Å². The standard InChI is InChI=1S/C20H29N5O/c1-26-19-7-3-2-6-18(19)25-13-11-24(12-14-25)17-5-4-10-23(15-17)16-20-21-8-9-22-20/h2-3,6-9,17H,4-5,10-16H2,1H3,(H,21,22)/t17-/m0/s1. The lowest BCUT2D eigenvalue weighted by Gasteiger charge is -2.44. The van der Waals surface area contributed by atoms with Crippen molar-refractivity contribution >= 4 is 5.69 Å². The number of benzene rings is 1. The van der Waals surface area contributed by atoms with E-state index in [4.69, 9.17) is 4.74 Å². The Bertz CT molecular complexity index is 681. The van der Waals surface area contributed by atoms with Gasteiger partial charge in [-0.1, -0.05) is 12.1 Å². The van der Waals surface area contributed by atoms with Gasteiger partial charge in [0.1, 0.15) is 11.6 Å². The van der Waals surface area contributed by atoms with Crippen LogP contribution in [-0.4, -0.2) is 72.2 Å². The van der Waals surface area contributed by atoms with Gasteiger partial charge in [-0.15, -0.1) is 0 Å². The molecule has 1 aromatic carbocycles. The van der Waals surface area contributed by atoms with E-state index < -0.39 is 0 Å². The fourth-order valence-corrected chi connectivity index (χ4v) is 4.29. The number of likely N-dealkylation sites (tertiary alicyclic amines) is 1. The molecule has 4 rings (SSSR count). The first-order chi connectivity index (χ1) is 12.8. The van der Waals surface area contributed by atoms with Crippen molar-refractivity contribution in [1.29, 1.82) is 0 Å². The number of aromatic amines is 1. The Balaban J connectivity index is 1.32. The number of hydrogen-bond donors (Lipinski definition) is 1. The van der Waals surface area contributed by atoms with Crippen LogP contribution in [0.4, 0.5) is 5.69 Å². The maximum Gasteiger partial charge on any atom is 0.142 e. The quantitative estimate of drug-likeness (QED) is 0.891. The molecule has 140 valence electrons. The smallest absolute Gasteiger partial charge is 0.142 e. The van der Waals surface area contributed by atoms with Gasteiger partial charge in [0.15, 0.2) is 0 Å². The molecule has 1 N–H and O–H groups in total. The molecule has 2 aliphatic heterocycles. The third kappa shape index (κ3) is 3.86. The fraction of sp³-hybridized carbons (Fsp3) is 0.550. The van der Waals surface area contributed by atoms with Crippen LogP contribution in [0.1, 0.15) is 18.7 Å². The van der Waals surface area contributed by atoms with Gasteiger partial charge >= 0.3 is 0 Å². The maximum absolute atomic E-state index is 5.53. The highest BCUT2D eigenvalue weighted by atomic mass is 16.5. The van der Waals surface area contributed by atoms with Crippen LogP contribution >= 0.6 is 0 Å². The highest BCUT2D eigenvalue weighted by molar-refractivity contribution is 5.58. The van der Waals surface area contributed by atoms with Gasteiger partial charge in [0.2, 0.25) is 0 Å². The van der Waals surface area contributed by atoms with Crippen molar-refractivity contribution in [3.05, 3.63) is 42.5 Å². The molecule has 0 radical (unpaired) electrons. The number of piperidine rings is 1. The highest BCUT2D eigenvalue weighted by Crippen LogP contribution is 2.29. The van der Waals surface area contributed by atoms with Crippen molar-refractivity contribution in [3.63, 3.8) is 0 Å². The number of aromatic nitrogens is 2. The molecule has 0 saturated carbocycles. The summed E-state index contributed by atoms with van der Waals surface area (Å²) in [4.78, 5) is 15.3. The average molecular weight is 355 g/mol. The van der Waals surface area contributed by atoms with E-state index in [0.29, 0.717) is 6.04 Å². The molecule has 0 spiro atoms. The van der Waals surface area contributed by atoms with Crippen molar-refractivity contribution in [2.75, 3.05) is 51.3 Å². The number of nitrogens with one attached hydrogen (secondary N) is 1. The summed E-state index contributed by atoms with van der Waals surface area (Å²) >= 11 is 0. The molecule has 2 aliphatic rings. The van der Waals surface area contributed by atoms with E-state index in [-0.39, 0.29) is 0 Å². The lowest BCUT2D eigenvalue weighted by atomic mass is 10.0. The van der Waals surface area contributed by atoms with E-state index in [1.54, 1.807) is 7.11 Å². The fourth-order valence-electron chi connectivity index (χ4n) is 4.29. The van der Waals surface area contributed by atoms with Crippen molar-refractivity contribution < 1.29 is 4.74 Å². The molecule has 2 saturated heterocycles. The Labute approximate surface area is 155 Å². The zero-order valence-corrected chi connectivity index (χ0v) is 15.6. The van der Waals surface area contributed by atoms with Crippen molar-refractivity contribution in [1.82, 2.24) is 19.8 Å². The monoisotopic (exact) mass is 355 g/mol. The van der Waals surface area contributed by atoms with Gasteiger partial charge in [-0.05, 0) is 31.5 Å². The first-order valence-electron chi connectivity index (χ1n) is 9.66. The Morgan fingerprint density at radius 1 is 1.15 bits per heavy atom. The summed E-state index contributed by atoms with van der Waals surface area (Å²) in [5.41, 5.74) is 1.22. The molecule has 1 atom stereocenters. The lowest BCUT2D eigenvalue weighted by Crippen LogP contribution is -2.55. The van der Waals surface area contributed by atoms with E-state index in [2.05, 4.69) is 42.9 Å². The summed E-state index contributed by atoms with van der Waals surface area (Å²) in [7, 11) is 1.75. The minimum atomic E-state index is 0.665. The largest absolute Gasteiger partial charge is 0.495 e. The number of hydrogen-bond acceptors (Lipinski definition) is 5. The molecule has 6 nitrogen and oxygen atoms in total. The number of methoxy groups -OCH3 is 1. The van der Waals surface area contributed by atoms with Gasteiger partial charge in [-0.3, -0.25) is 9.80 Å². The summed E-state index contributed by atoms with van der Waals surface area (Å²) in [5, 5.41) is 0. The van der Waals surface area contributed by atoms with Crippen molar-refractivity contribution in [3.8, 4) is 5.75 Å². The van der Waals surface area contributed by atoms with Crippen LogP contribution in [0.2, 0.25) is 0 Å². The van der Waals surface area contributed by atoms with E-state index in [0.717, 1.165) is 50.8 Å². The molecule has 2 fully saturated rings. The number of rotatable bonds is 5. The molecule has 6 heteroatoms. The average Bonchev–Trinajstić information content (AvgIpc) is 3.21.